The van der Waals surface area contributed by atoms with Gasteiger partial charge in [0.15, 0.2) is 5.13 Å². The Labute approximate surface area is 182 Å². The molecule has 2 aromatic rings. The number of aromatic nitrogens is 1. The predicted octanol–water partition coefficient (Wildman–Crippen LogP) is 6.19. The van der Waals surface area contributed by atoms with Crippen molar-refractivity contribution in [2.24, 2.45) is 11.7 Å². The van der Waals surface area contributed by atoms with Crippen LogP contribution in [0.4, 0.5) is 5.13 Å². The van der Waals surface area contributed by atoms with Crippen LogP contribution in [-0.4, -0.2) is 28.6 Å². The summed E-state index contributed by atoms with van der Waals surface area (Å²) in [7, 11) is 0. The zero-order valence-electron chi connectivity index (χ0n) is 17.3. The maximum Gasteiger partial charge on any atom is 0.322 e. The minimum Gasteiger partial charge on any atom is -0.480 e. The second-order valence-corrected chi connectivity index (χ2v) is 7.74. The number of hydrogen-bond donors (Lipinski definition) is 3. The molecule has 0 spiro atoms. The van der Waals surface area contributed by atoms with E-state index < -0.39 is 12.0 Å². The molecule has 2 rings (SSSR count). The average molecular weight is 448 g/mol. The smallest absolute Gasteiger partial charge is 0.322 e. The fraction of sp³-hybridized carbons (Fsp3) is 0.500. The minimum atomic E-state index is -1.05. The van der Waals surface area contributed by atoms with Gasteiger partial charge >= 0.3 is 5.97 Å². The van der Waals surface area contributed by atoms with Crippen molar-refractivity contribution in [2.45, 2.75) is 54.0 Å². The number of benzene rings is 1. The Morgan fingerprint density at radius 1 is 1.21 bits per heavy atom. The summed E-state index contributed by atoms with van der Waals surface area (Å²) in [5.74, 6) is -0.590. The molecule has 1 heterocycles. The lowest BCUT2D eigenvalue weighted by Crippen LogP contribution is -2.36. The number of rotatable bonds is 7. The standard InChI is InChI=1S/C16H19Cl2N3O2S.2C2H6/c1-8(2)5-13-14(9-3-4-10(17)11(18)6-9)21-16(24-13)20-7-12(19)15(22)23;2*1-2/h3-4,6,8,12H,5,7,19H2,1-2H3,(H,20,21)(H,22,23);2*1-2H3. The van der Waals surface area contributed by atoms with Crippen molar-refractivity contribution in [3.63, 3.8) is 0 Å². The molecule has 28 heavy (non-hydrogen) atoms. The SMILES string of the molecule is CC.CC.CC(C)Cc1sc(NCC(N)C(=O)O)nc1-c1ccc(Cl)c(Cl)c1. The van der Waals surface area contributed by atoms with Crippen LogP contribution in [0.25, 0.3) is 11.3 Å². The molecule has 0 bridgehead atoms. The maximum atomic E-state index is 10.8. The van der Waals surface area contributed by atoms with Crippen LogP contribution in [0.15, 0.2) is 18.2 Å². The molecule has 0 saturated carbocycles. The Bertz CT molecular complexity index is 736. The highest BCUT2D eigenvalue weighted by molar-refractivity contribution is 7.16. The molecule has 0 aliphatic heterocycles. The maximum absolute atomic E-state index is 10.8. The van der Waals surface area contributed by atoms with Crippen LogP contribution in [0, 0.1) is 5.92 Å². The number of hydrogen-bond acceptors (Lipinski definition) is 5. The van der Waals surface area contributed by atoms with E-state index in [0.29, 0.717) is 21.1 Å². The van der Waals surface area contributed by atoms with E-state index in [4.69, 9.17) is 34.0 Å². The van der Waals surface area contributed by atoms with Gasteiger partial charge in [-0.15, -0.1) is 11.3 Å². The molecule has 0 aliphatic carbocycles. The van der Waals surface area contributed by atoms with Gasteiger partial charge in [-0.2, -0.15) is 0 Å². The summed E-state index contributed by atoms with van der Waals surface area (Å²) in [6.45, 7) is 12.4. The molecule has 0 aliphatic rings. The largest absolute Gasteiger partial charge is 0.480 e. The Morgan fingerprint density at radius 3 is 2.32 bits per heavy atom. The zero-order chi connectivity index (χ0) is 21.9. The highest BCUT2D eigenvalue weighted by atomic mass is 35.5. The first-order valence-corrected chi connectivity index (χ1v) is 11.0. The summed E-state index contributed by atoms with van der Waals surface area (Å²) in [6.07, 6.45) is 0.861. The van der Waals surface area contributed by atoms with Crippen molar-refractivity contribution in [1.29, 1.82) is 0 Å². The zero-order valence-corrected chi connectivity index (χ0v) is 19.7. The van der Waals surface area contributed by atoms with Gasteiger partial charge in [-0.1, -0.05) is 70.8 Å². The molecule has 0 radical (unpaired) electrons. The van der Waals surface area contributed by atoms with Gasteiger partial charge in [-0.3, -0.25) is 4.79 Å². The van der Waals surface area contributed by atoms with Gasteiger partial charge in [0.2, 0.25) is 0 Å². The van der Waals surface area contributed by atoms with Crippen molar-refractivity contribution in [3.8, 4) is 11.3 Å². The Hall–Kier alpha value is -1.34. The van der Waals surface area contributed by atoms with Crippen molar-refractivity contribution in [1.82, 2.24) is 4.98 Å². The van der Waals surface area contributed by atoms with Gasteiger partial charge in [0.25, 0.3) is 0 Å². The van der Waals surface area contributed by atoms with E-state index in [9.17, 15) is 4.79 Å². The molecule has 0 fully saturated rings. The molecule has 4 N–H and O–H groups in total. The van der Waals surface area contributed by atoms with E-state index in [2.05, 4.69) is 24.1 Å². The highest BCUT2D eigenvalue weighted by Crippen LogP contribution is 2.35. The molecule has 8 heteroatoms. The lowest BCUT2D eigenvalue weighted by atomic mass is 10.0. The van der Waals surface area contributed by atoms with E-state index in [1.54, 1.807) is 12.1 Å². The van der Waals surface area contributed by atoms with Crippen LogP contribution in [-0.2, 0) is 11.2 Å². The number of carboxylic acid groups (broad SMARTS) is 1. The van der Waals surface area contributed by atoms with E-state index in [-0.39, 0.29) is 6.54 Å². The van der Waals surface area contributed by atoms with Crippen LogP contribution in [0.5, 0.6) is 0 Å². The quantitative estimate of drug-likeness (QED) is 0.470. The Kier molecular flexibility index (Phi) is 13.1. The van der Waals surface area contributed by atoms with Crippen LogP contribution < -0.4 is 11.1 Å². The summed E-state index contributed by atoms with van der Waals surface area (Å²) in [5.41, 5.74) is 7.23. The molecular formula is C20H31Cl2N3O2S. The van der Waals surface area contributed by atoms with Crippen molar-refractivity contribution in [2.75, 3.05) is 11.9 Å². The molecular weight excluding hydrogens is 417 g/mol. The molecule has 1 aromatic carbocycles. The highest BCUT2D eigenvalue weighted by Gasteiger charge is 2.17. The number of halogens is 2. The van der Waals surface area contributed by atoms with Crippen LogP contribution in [0.2, 0.25) is 10.0 Å². The Morgan fingerprint density at radius 2 is 1.82 bits per heavy atom. The van der Waals surface area contributed by atoms with Crippen LogP contribution >= 0.6 is 34.5 Å². The van der Waals surface area contributed by atoms with E-state index in [0.717, 1.165) is 22.6 Å². The first-order valence-electron chi connectivity index (χ1n) is 9.45. The molecule has 1 atom stereocenters. The normalized spacial score (nSPS) is 11.1. The van der Waals surface area contributed by atoms with Gasteiger partial charge in [0.05, 0.1) is 15.7 Å². The van der Waals surface area contributed by atoms with Gasteiger partial charge < -0.3 is 16.2 Å². The number of nitrogens with zero attached hydrogens (tertiary/aromatic N) is 1. The summed E-state index contributed by atoms with van der Waals surface area (Å²) in [4.78, 5) is 16.5. The third-order valence-electron chi connectivity index (χ3n) is 3.27. The number of carboxylic acids is 1. The summed E-state index contributed by atoms with van der Waals surface area (Å²) >= 11 is 13.6. The number of nitrogens with two attached hydrogens (primary N) is 1. The number of carbonyl (C=O) groups is 1. The van der Waals surface area contributed by atoms with Gasteiger partial charge in [-0.25, -0.2) is 4.98 Å². The van der Waals surface area contributed by atoms with E-state index in [1.807, 2.05) is 33.8 Å². The first-order chi connectivity index (χ1) is 13.3. The van der Waals surface area contributed by atoms with Gasteiger partial charge in [0.1, 0.15) is 6.04 Å². The number of thiazole rings is 1. The van der Waals surface area contributed by atoms with Gasteiger partial charge in [-0.05, 0) is 24.5 Å². The van der Waals surface area contributed by atoms with Crippen LogP contribution in [0.3, 0.4) is 0 Å². The first kappa shape index (κ1) is 26.7. The molecule has 1 aromatic heterocycles. The van der Waals surface area contributed by atoms with E-state index in [1.165, 1.54) is 11.3 Å². The summed E-state index contributed by atoms with van der Waals surface area (Å²) in [6, 6.07) is 4.43. The van der Waals surface area contributed by atoms with E-state index >= 15 is 0 Å². The van der Waals surface area contributed by atoms with Crippen LogP contribution in [0.1, 0.15) is 46.4 Å². The lowest BCUT2D eigenvalue weighted by molar-refractivity contribution is -0.138. The third kappa shape index (κ3) is 8.35. The lowest BCUT2D eigenvalue weighted by Gasteiger charge is -2.06. The monoisotopic (exact) mass is 447 g/mol. The van der Waals surface area contributed by atoms with Crippen molar-refractivity contribution >= 4 is 45.6 Å². The predicted molar refractivity (Wildman–Crippen MR) is 123 cm³/mol. The molecule has 5 nitrogen and oxygen atoms in total. The summed E-state index contributed by atoms with van der Waals surface area (Å²) in [5, 5.41) is 13.5. The fourth-order valence-corrected chi connectivity index (χ4v) is 3.59. The van der Waals surface area contributed by atoms with Crippen molar-refractivity contribution < 1.29 is 9.90 Å². The molecule has 0 amide bonds. The fourth-order valence-electron chi connectivity index (χ4n) is 2.09. The van der Waals surface area contributed by atoms with Crippen molar-refractivity contribution in [3.05, 3.63) is 33.1 Å². The number of anilines is 1. The second-order valence-electron chi connectivity index (χ2n) is 5.84. The third-order valence-corrected chi connectivity index (χ3v) is 5.05. The minimum absolute atomic E-state index is 0.116. The average Bonchev–Trinajstić information content (AvgIpc) is 3.07. The Balaban J connectivity index is 0.00000171. The second kappa shape index (κ2) is 13.8. The molecule has 1 unspecified atom stereocenters. The van der Waals surface area contributed by atoms with Gasteiger partial charge in [0, 0.05) is 17.0 Å². The number of nitrogens with one attached hydrogen (secondary N) is 1. The molecule has 158 valence electrons. The molecule has 0 saturated heterocycles. The summed E-state index contributed by atoms with van der Waals surface area (Å²) < 4.78 is 0. The topological polar surface area (TPSA) is 88.2 Å². The number of aliphatic carboxylic acids is 1.